The minimum Gasteiger partial charge on any atom is -0.320 e. The Morgan fingerprint density at radius 3 is 2.84 bits per heavy atom. The highest BCUT2D eigenvalue weighted by Gasteiger charge is 2.17. The number of benzene rings is 1. The number of carbonyl (C=O) groups is 1. The van der Waals surface area contributed by atoms with E-state index in [2.05, 4.69) is 15.5 Å². The first-order chi connectivity index (χ1) is 8.99. The number of anilines is 1. The molecule has 0 bridgehead atoms. The van der Waals surface area contributed by atoms with Crippen molar-refractivity contribution in [1.82, 2.24) is 10.2 Å². The lowest BCUT2D eigenvalue weighted by atomic mass is 10.2. The van der Waals surface area contributed by atoms with Gasteiger partial charge in [0.1, 0.15) is 5.69 Å². The van der Waals surface area contributed by atoms with Crippen LogP contribution >= 0.6 is 11.6 Å². The molecule has 0 saturated carbocycles. The van der Waals surface area contributed by atoms with Crippen molar-refractivity contribution in [2.45, 2.75) is 0 Å². The number of nitro benzene ring substituents is 1. The van der Waals surface area contributed by atoms with Gasteiger partial charge in [-0.3, -0.25) is 20.0 Å². The first kappa shape index (κ1) is 13.0. The number of aromatic amines is 1. The standard InChI is InChI=1S/C10H6ClFN4O3/c11-6-4-13-15-9(6)10(17)14-5-1-2-7(12)8(3-5)16(18)19/h1-4H,(H,13,15)(H,14,17). The summed E-state index contributed by atoms with van der Waals surface area (Å²) in [5.74, 6) is -1.62. The van der Waals surface area contributed by atoms with Gasteiger partial charge in [0, 0.05) is 11.8 Å². The number of nitrogens with one attached hydrogen (secondary N) is 2. The molecule has 0 radical (unpaired) electrons. The molecule has 0 unspecified atom stereocenters. The zero-order valence-corrected chi connectivity index (χ0v) is 9.94. The number of hydrogen-bond donors (Lipinski definition) is 2. The van der Waals surface area contributed by atoms with E-state index in [9.17, 15) is 19.3 Å². The first-order valence-corrected chi connectivity index (χ1v) is 5.31. The van der Waals surface area contributed by atoms with Crippen LogP contribution in [0.4, 0.5) is 15.8 Å². The maximum Gasteiger partial charge on any atom is 0.306 e. The summed E-state index contributed by atoms with van der Waals surface area (Å²) in [5, 5.41) is 18.9. The van der Waals surface area contributed by atoms with Crippen molar-refractivity contribution < 1.29 is 14.1 Å². The molecule has 7 nitrogen and oxygen atoms in total. The second-order valence-electron chi connectivity index (χ2n) is 3.47. The van der Waals surface area contributed by atoms with E-state index >= 15 is 0 Å². The van der Waals surface area contributed by atoms with Crippen LogP contribution in [-0.2, 0) is 0 Å². The Morgan fingerprint density at radius 1 is 1.53 bits per heavy atom. The molecule has 0 aliphatic carbocycles. The van der Waals surface area contributed by atoms with Crippen molar-refractivity contribution in [1.29, 1.82) is 0 Å². The largest absolute Gasteiger partial charge is 0.320 e. The van der Waals surface area contributed by atoms with E-state index in [1.165, 1.54) is 12.3 Å². The fourth-order valence-corrected chi connectivity index (χ4v) is 1.53. The van der Waals surface area contributed by atoms with Crippen LogP contribution in [-0.4, -0.2) is 21.0 Å². The van der Waals surface area contributed by atoms with Gasteiger partial charge in [-0.05, 0) is 12.1 Å². The van der Waals surface area contributed by atoms with Crippen LogP contribution in [0.15, 0.2) is 24.4 Å². The van der Waals surface area contributed by atoms with Gasteiger partial charge < -0.3 is 5.32 Å². The number of hydrogen-bond acceptors (Lipinski definition) is 4. The average Bonchev–Trinajstić information content (AvgIpc) is 2.77. The Kier molecular flexibility index (Phi) is 3.43. The van der Waals surface area contributed by atoms with Gasteiger partial charge in [-0.15, -0.1) is 0 Å². The van der Waals surface area contributed by atoms with Gasteiger partial charge in [-0.2, -0.15) is 9.49 Å². The fraction of sp³-hybridized carbons (Fsp3) is 0. The normalized spacial score (nSPS) is 10.2. The van der Waals surface area contributed by atoms with Crippen molar-refractivity contribution in [3.63, 3.8) is 0 Å². The van der Waals surface area contributed by atoms with Crippen LogP contribution in [0, 0.1) is 15.9 Å². The summed E-state index contributed by atoms with van der Waals surface area (Å²) in [7, 11) is 0. The Balaban J connectivity index is 2.25. The van der Waals surface area contributed by atoms with Crippen molar-refractivity contribution in [3.8, 4) is 0 Å². The molecule has 2 N–H and O–H groups in total. The van der Waals surface area contributed by atoms with Crippen molar-refractivity contribution in [2.75, 3.05) is 5.32 Å². The number of carbonyl (C=O) groups excluding carboxylic acids is 1. The lowest BCUT2D eigenvalue weighted by Gasteiger charge is -2.04. The van der Waals surface area contributed by atoms with Gasteiger partial charge in [0.2, 0.25) is 5.82 Å². The number of amides is 1. The monoisotopic (exact) mass is 284 g/mol. The topological polar surface area (TPSA) is 101 Å². The van der Waals surface area contributed by atoms with Crippen LogP contribution in [0.25, 0.3) is 0 Å². The molecule has 9 heteroatoms. The molecule has 98 valence electrons. The first-order valence-electron chi connectivity index (χ1n) is 4.93. The highest BCUT2D eigenvalue weighted by molar-refractivity contribution is 6.34. The Hall–Kier alpha value is -2.48. The molecular formula is C10H6ClFN4O3. The van der Waals surface area contributed by atoms with Crippen LogP contribution in [0.2, 0.25) is 5.02 Å². The number of nitrogens with zero attached hydrogens (tertiary/aromatic N) is 2. The van der Waals surface area contributed by atoms with E-state index < -0.39 is 22.3 Å². The van der Waals surface area contributed by atoms with Gasteiger partial charge in [0.15, 0.2) is 0 Å². The molecule has 0 aliphatic heterocycles. The van der Waals surface area contributed by atoms with Crippen molar-refractivity contribution in [3.05, 3.63) is 51.0 Å². The maximum absolute atomic E-state index is 13.1. The van der Waals surface area contributed by atoms with Crippen molar-refractivity contribution >= 4 is 28.9 Å². The quantitative estimate of drug-likeness (QED) is 0.667. The Labute approximate surface area is 110 Å². The third-order valence-corrected chi connectivity index (χ3v) is 2.51. The second kappa shape index (κ2) is 5.02. The number of halogens is 2. The predicted molar refractivity (Wildman–Crippen MR) is 64.6 cm³/mol. The molecule has 19 heavy (non-hydrogen) atoms. The van der Waals surface area contributed by atoms with E-state index in [4.69, 9.17) is 11.6 Å². The molecule has 1 heterocycles. The molecule has 1 aromatic carbocycles. The van der Waals surface area contributed by atoms with E-state index in [1.807, 2.05) is 0 Å². The maximum atomic E-state index is 13.1. The van der Waals surface area contributed by atoms with E-state index in [1.54, 1.807) is 0 Å². The van der Waals surface area contributed by atoms with Crippen LogP contribution in [0.1, 0.15) is 10.5 Å². The number of H-pyrrole nitrogens is 1. The highest BCUT2D eigenvalue weighted by atomic mass is 35.5. The molecule has 0 atom stereocenters. The summed E-state index contributed by atoms with van der Waals surface area (Å²) in [6.07, 6.45) is 1.24. The molecule has 0 fully saturated rings. The average molecular weight is 285 g/mol. The van der Waals surface area contributed by atoms with Crippen LogP contribution in [0.5, 0.6) is 0 Å². The van der Waals surface area contributed by atoms with Gasteiger partial charge in [0.25, 0.3) is 5.91 Å². The molecule has 0 spiro atoms. The summed E-state index contributed by atoms with van der Waals surface area (Å²) in [6.45, 7) is 0. The zero-order chi connectivity index (χ0) is 14.0. The van der Waals surface area contributed by atoms with Crippen molar-refractivity contribution in [2.24, 2.45) is 0 Å². The van der Waals surface area contributed by atoms with Gasteiger partial charge in [0.05, 0.1) is 16.1 Å². The van der Waals surface area contributed by atoms with Gasteiger partial charge >= 0.3 is 5.69 Å². The lowest BCUT2D eigenvalue weighted by molar-refractivity contribution is -0.387. The van der Waals surface area contributed by atoms with Gasteiger partial charge in [-0.1, -0.05) is 11.6 Å². The van der Waals surface area contributed by atoms with Gasteiger partial charge in [-0.25, -0.2) is 0 Å². The van der Waals surface area contributed by atoms with Crippen LogP contribution < -0.4 is 5.32 Å². The number of rotatable bonds is 3. The summed E-state index contributed by atoms with van der Waals surface area (Å²) in [6, 6.07) is 3.00. The lowest BCUT2D eigenvalue weighted by Crippen LogP contribution is -2.13. The summed E-state index contributed by atoms with van der Waals surface area (Å²) in [4.78, 5) is 21.4. The smallest absolute Gasteiger partial charge is 0.306 e. The Morgan fingerprint density at radius 2 is 2.26 bits per heavy atom. The highest BCUT2D eigenvalue weighted by Crippen LogP contribution is 2.22. The van der Waals surface area contributed by atoms with E-state index in [-0.39, 0.29) is 16.4 Å². The molecule has 2 rings (SSSR count). The van der Waals surface area contributed by atoms with E-state index in [0.29, 0.717) is 0 Å². The summed E-state index contributed by atoms with van der Waals surface area (Å²) < 4.78 is 13.1. The third kappa shape index (κ3) is 2.68. The molecule has 0 aliphatic rings. The second-order valence-corrected chi connectivity index (χ2v) is 3.88. The number of nitro groups is 1. The summed E-state index contributed by atoms with van der Waals surface area (Å²) in [5.41, 5.74) is -0.647. The Bertz CT molecular complexity index is 658. The molecule has 2 aromatic rings. The predicted octanol–water partition coefficient (Wildman–Crippen LogP) is 2.36. The van der Waals surface area contributed by atoms with E-state index in [0.717, 1.165) is 12.1 Å². The molecular weight excluding hydrogens is 279 g/mol. The molecule has 1 aromatic heterocycles. The minimum atomic E-state index is -0.984. The third-order valence-electron chi connectivity index (χ3n) is 2.22. The zero-order valence-electron chi connectivity index (χ0n) is 9.18. The minimum absolute atomic E-state index is 0.00800. The fourth-order valence-electron chi connectivity index (χ4n) is 1.35. The number of aromatic nitrogens is 2. The molecule has 0 saturated heterocycles. The van der Waals surface area contributed by atoms with Crippen LogP contribution in [0.3, 0.4) is 0 Å². The summed E-state index contributed by atoms with van der Waals surface area (Å²) >= 11 is 5.69. The SMILES string of the molecule is O=C(Nc1ccc(F)c([N+](=O)[O-])c1)c1[nH]ncc1Cl. The molecule has 1 amide bonds.